The second-order valence-corrected chi connectivity index (χ2v) is 6.28. The molecule has 0 bridgehead atoms. The van der Waals surface area contributed by atoms with Gasteiger partial charge in [-0.05, 0) is 24.1 Å². The van der Waals surface area contributed by atoms with Crippen LogP contribution in [0.25, 0.3) is 0 Å². The van der Waals surface area contributed by atoms with Gasteiger partial charge in [-0.1, -0.05) is 60.1 Å². The first-order valence-corrected chi connectivity index (χ1v) is 8.21. The number of benzene rings is 2. The van der Waals surface area contributed by atoms with E-state index < -0.39 is 5.54 Å². The molecule has 0 aliphatic carbocycles. The van der Waals surface area contributed by atoms with E-state index >= 15 is 0 Å². The van der Waals surface area contributed by atoms with E-state index in [0.29, 0.717) is 23.7 Å². The van der Waals surface area contributed by atoms with Crippen molar-refractivity contribution in [2.24, 2.45) is 0 Å². The number of ketones is 1. The highest BCUT2D eigenvalue weighted by Gasteiger charge is 2.36. The maximum atomic E-state index is 12.4. The molecule has 0 fully saturated rings. The van der Waals surface area contributed by atoms with Gasteiger partial charge < -0.3 is 10.6 Å². The number of nitrogens with one attached hydrogen (secondary N) is 2. The Morgan fingerprint density at radius 3 is 2.58 bits per heavy atom. The van der Waals surface area contributed by atoms with Crippen LogP contribution >= 0.6 is 11.6 Å². The summed E-state index contributed by atoms with van der Waals surface area (Å²) >= 11 is 6.21. The van der Waals surface area contributed by atoms with E-state index in [0.717, 1.165) is 11.3 Å². The predicted octanol–water partition coefficient (Wildman–Crippen LogP) is 4.63. The minimum Gasteiger partial charge on any atom is -0.361 e. The average molecular weight is 339 g/mol. The molecular weight excluding hydrogens is 320 g/mol. The van der Waals surface area contributed by atoms with Gasteiger partial charge in [0.05, 0.1) is 16.2 Å². The summed E-state index contributed by atoms with van der Waals surface area (Å²) in [5, 5.41) is 7.32. The summed E-state index contributed by atoms with van der Waals surface area (Å²) in [7, 11) is 0. The van der Waals surface area contributed by atoms with Crippen LogP contribution in [0.1, 0.15) is 18.4 Å². The van der Waals surface area contributed by atoms with Crippen molar-refractivity contribution in [3.63, 3.8) is 0 Å². The van der Waals surface area contributed by atoms with Crippen molar-refractivity contribution >= 4 is 23.1 Å². The minimum absolute atomic E-state index is 0.0639. The lowest BCUT2D eigenvalue weighted by atomic mass is 9.80. The number of anilines is 1. The fourth-order valence-electron chi connectivity index (χ4n) is 3.04. The number of para-hydroxylation sites is 1. The molecule has 2 N–H and O–H groups in total. The molecule has 2 aromatic rings. The van der Waals surface area contributed by atoms with E-state index in [9.17, 15) is 4.79 Å². The van der Waals surface area contributed by atoms with Crippen molar-refractivity contribution in [1.29, 1.82) is 0 Å². The SMILES string of the molecule is C=CC[C@]1(c2ccccc2)CC(=O)C=C(Nc2ccccc2Cl)N1. The summed E-state index contributed by atoms with van der Waals surface area (Å²) in [6.07, 6.45) is 4.46. The van der Waals surface area contributed by atoms with E-state index in [1.54, 1.807) is 6.08 Å². The number of hydrogen-bond acceptors (Lipinski definition) is 3. The highest BCUT2D eigenvalue weighted by Crippen LogP contribution is 2.34. The van der Waals surface area contributed by atoms with Crippen molar-refractivity contribution in [2.45, 2.75) is 18.4 Å². The Balaban J connectivity index is 1.94. The Bertz CT molecular complexity index is 785. The second kappa shape index (κ2) is 6.93. The lowest BCUT2D eigenvalue weighted by molar-refractivity contribution is -0.116. The molecule has 1 atom stereocenters. The molecule has 1 aliphatic heterocycles. The zero-order valence-corrected chi connectivity index (χ0v) is 14.0. The molecule has 0 aromatic heterocycles. The average Bonchev–Trinajstić information content (AvgIpc) is 2.57. The van der Waals surface area contributed by atoms with Gasteiger partial charge in [-0.2, -0.15) is 0 Å². The van der Waals surface area contributed by atoms with Crippen LogP contribution in [0.4, 0.5) is 5.69 Å². The minimum atomic E-state index is -0.502. The molecule has 0 saturated heterocycles. The Hall–Kier alpha value is -2.52. The Morgan fingerprint density at radius 1 is 1.17 bits per heavy atom. The second-order valence-electron chi connectivity index (χ2n) is 5.87. The Labute approximate surface area is 147 Å². The highest BCUT2D eigenvalue weighted by molar-refractivity contribution is 6.33. The standard InChI is InChI=1S/C20H19ClN2O/c1-2-12-20(15-8-4-3-5-9-15)14-16(24)13-19(23-20)22-18-11-7-6-10-17(18)21/h2-11,13,22-23H,1,12,14H2/t20-/m1/s1. The third kappa shape index (κ3) is 3.36. The third-order valence-electron chi connectivity index (χ3n) is 4.12. The van der Waals surface area contributed by atoms with Gasteiger partial charge >= 0.3 is 0 Å². The molecule has 4 heteroatoms. The van der Waals surface area contributed by atoms with Crippen molar-refractivity contribution in [3.05, 3.63) is 89.7 Å². The number of carbonyl (C=O) groups excluding carboxylic acids is 1. The van der Waals surface area contributed by atoms with E-state index in [2.05, 4.69) is 17.2 Å². The van der Waals surface area contributed by atoms with Gasteiger partial charge in [0, 0.05) is 12.5 Å². The molecule has 1 heterocycles. The number of carbonyl (C=O) groups is 1. The lowest BCUT2D eigenvalue weighted by Gasteiger charge is -2.38. The van der Waals surface area contributed by atoms with Crippen molar-refractivity contribution < 1.29 is 4.79 Å². The highest BCUT2D eigenvalue weighted by atomic mass is 35.5. The summed E-state index contributed by atoms with van der Waals surface area (Å²) in [5.74, 6) is 0.707. The zero-order chi connectivity index (χ0) is 17.0. The van der Waals surface area contributed by atoms with Gasteiger partial charge in [0.25, 0.3) is 0 Å². The molecule has 3 nitrogen and oxygen atoms in total. The van der Waals surface area contributed by atoms with Crippen LogP contribution in [0.5, 0.6) is 0 Å². The molecule has 24 heavy (non-hydrogen) atoms. The predicted molar refractivity (Wildman–Crippen MR) is 98.9 cm³/mol. The van der Waals surface area contributed by atoms with Gasteiger partial charge in [0.2, 0.25) is 0 Å². The monoisotopic (exact) mass is 338 g/mol. The fraction of sp³-hybridized carbons (Fsp3) is 0.150. The molecule has 0 unspecified atom stereocenters. The third-order valence-corrected chi connectivity index (χ3v) is 4.45. The molecule has 0 amide bonds. The maximum absolute atomic E-state index is 12.4. The molecule has 0 saturated carbocycles. The molecule has 3 rings (SSSR count). The first kappa shape index (κ1) is 16.3. The lowest BCUT2D eigenvalue weighted by Crippen LogP contribution is -2.47. The van der Waals surface area contributed by atoms with Crippen LogP contribution in [-0.2, 0) is 10.3 Å². The molecule has 2 aromatic carbocycles. The first-order valence-electron chi connectivity index (χ1n) is 7.84. The van der Waals surface area contributed by atoms with Crippen LogP contribution < -0.4 is 10.6 Å². The smallest absolute Gasteiger partial charge is 0.161 e. The number of hydrogen-bond donors (Lipinski definition) is 2. The number of halogens is 1. The first-order chi connectivity index (χ1) is 11.6. The molecule has 1 aliphatic rings. The topological polar surface area (TPSA) is 41.1 Å². The fourth-order valence-corrected chi connectivity index (χ4v) is 3.22. The van der Waals surface area contributed by atoms with Gasteiger partial charge in [-0.25, -0.2) is 0 Å². The quantitative estimate of drug-likeness (QED) is 0.781. The van der Waals surface area contributed by atoms with E-state index in [1.807, 2.05) is 60.7 Å². The number of allylic oxidation sites excluding steroid dienone is 1. The van der Waals surface area contributed by atoms with Crippen molar-refractivity contribution in [2.75, 3.05) is 5.32 Å². The summed E-state index contributed by atoms with van der Waals surface area (Å²) in [6.45, 7) is 3.86. The van der Waals surface area contributed by atoms with E-state index in [1.165, 1.54) is 0 Å². The van der Waals surface area contributed by atoms with Crippen LogP contribution in [0, 0.1) is 0 Å². The van der Waals surface area contributed by atoms with Crippen LogP contribution in [-0.4, -0.2) is 5.78 Å². The summed E-state index contributed by atoms with van der Waals surface area (Å²) in [5.41, 5.74) is 1.32. The van der Waals surface area contributed by atoms with Crippen molar-refractivity contribution in [3.8, 4) is 0 Å². The summed E-state index contributed by atoms with van der Waals surface area (Å²) < 4.78 is 0. The van der Waals surface area contributed by atoms with Gasteiger partial charge in [-0.15, -0.1) is 6.58 Å². The Kier molecular flexibility index (Phi) is 4.72. The molecule has 0 spiro atoms. The zero-order valence-electron chi connectivity index (χ0n) is 13.3. The molecule has 122 valence electrons. The van der Waals surface area contributed by atoms with Crippen LogP contribution in [0.15, 0.2) is 79.1 Å². The van der Waals surface area contributed by atoms with Crippen molar-refractivity contribution in [1.82, 2.24) is 5.32 Å². The maximum Gasteiger partial charge on any atom is 0.161 e. The normalized spacial score (nSPS) is 20.0. The summed E-state index contributed by atoms with van der Waals surface area (Å²) in [4.78, 5) is 12.4. The molecule has 0 radical (unpaired) electrons. The van der Waals surface area contributed by atoms with Crippen LogP contribution in [0.3, 0.4) is 0 Å². The Morgan fingerprint density at radius 2 is 1.88 bits per heavy atom. The van der Waals surface area contributed by atoms with Gasteiger partial charge in [0.1, 0.15) is 5.82 Å². The summed E-state index contributed by atoms with van der Waals surface area (Å²) in [6, 6.07) is 17.4. The van der Waals surface area contributed by atoms with Gasteiger partial charge in [-0.3, -0.25) is 4.79 Å². The largest absolute Gasteiger partial charge is 0.361 e. The molecular formula is C20H19ClN2O. The number of rotatable bonds is 5. The van der Waals surface area contributed by atoms with E-state index in [-0.39, 0.29) is 5.78 Å². The van der Waals surface area contributed by atoms with Gasteiger partial charge in [0.15, 0.2) is 5.78 Å². The van der Waals surface area contributed by atoms with E-state index in [4.69, 9.17) is 11.6 Å². The van der Waals surface area contributed by atoms with Crippen LogP contribution in [0.2, 0.25) is 5.02 Å².